The second-order valence-electron chi connectivity index (χ2n) is 5.38. The number of nitrogens with zero attached hydrogens (tertiary/aromatic N) is 1. The number of carbonyl (C=O) groups excluding carboxylic acids is 1. The number of hydrogen-bond acceptors (Lipinski definition) is 3. The lowest BCUT2D eigenvalue weighted by molar-refractivity contribution is 0.181. The first-order chi connectivity index (χ1) is 11.3. The van der Waals surface area contributed by atoms with Gasteiger partial charge in [0, 0.05) is 18.8 Å². The molecule has 4 nitrogen and oxygen atoms in total. The Balaban J connectivity index is 1.51. The monoisotopic (exact) mass is 308 g/mol. The van der Waals surface area contributed by atoms with E-state index < -0.39 is 0 Å². The van der Waals surface area contributed by atoms with Gasteiger partial charge in [-0.1, -0.05) is 54.6 Å². The molecule has 1 fully saturated rings. The Hall–Kier alpha value is -2.59. The largest absolute Gasteiger partial charge is 0.447 e. The van der Waals surface area contributed by atoms with Crippen molar-refractivity contribution in [1.82, 2.24) is 5.32 Å². The molecule has 0 unspecified atom stereocenters. The molecule has 0 aliphatic carbocycles. The summed E-state index contributed by atoms with van der Waals surface area (Å²) in [6.45, 7) is 2.64. The molecule has 0 radical (unpaired) electrons. The van der Waals surface area contributed by atoms with Crippen LogP contribution in [0.1, 0.15) is 11.1 Å². The first-order valence-corrected chi connectivity index (χ1v) is 7.78. The highest BCUT2D eigenvalue weighted by molar-refractivity contribution is 5.89. The molecule has 3 rings (SSSR count). The summed E-state index contributed by atoms with van der Waals surface area (Å²) in [5.74, 6) is 0. The molecule has 1 N–H and O–H groups in total. The Labute approximate surface area is 136 Å². The van der Waals surface area contributed by atoms with E-state index in [0.29, 0.717) is 13.2 Å². The van der Waals surface area contributed by atoms with Crippen molar-refractivity contribution in [2.75, 3.05) is 24.6 Å². The van der Waals surface area contributed by atoms with Crippen molar-refractivity contribution in [2.24, 2.45) is 0 Å². The summed E-state index contributed by atoms with van der Waals surface area (Å²) in [7, 11) is 0. The highest BCUT2D eigenvalue weighted by atomic mass is 16.6. The number of amides is 1. The van der Waals surface area contributed by atoms with Gasteiger partial charge in [-0.3, -0.25) is 4.90 Å². The van der Waals surface area contributed by atoms with Gasteiger partial charge in [-0.2, -0.15) is 0 Å². The van der Waals surface area contributed by atoms with Crippen LogP contribution in [0.25, 0.3) is 6.08 Å². The number of anilines is 1. The summed E-state index contributed by atoms with van der Waals surface area (Å²) in [6.07, 6.45) is 3.95. The number of ether oxygens (including phenoxy) is 1. The van der Waals surface area contributed by atoms with E-state index in [2.05, 4.69) is 35.7 Å². The zero-order valence-corrected chi connectivity index (χ0v) is 12.9. The summed E-state index contributed by atoms with van der Waals surface area (Å²) in [6, 6.07) is 18.2. The molecule has 4 heteroatoms. The number of rotatable bonds is 6. The molecular formula is C19H20N2O2. The van der Waals surface area contributed by atoms with Gasteiger partial charge in [0.05, 0.1) is 6.54 Å². The van der Waals surface area contributed by atoms with E-state index in [4.69, 9.17) is 4.74 Å². The van der Waals surface area contributed by atoms with Crippen molar-refractivity contribution in [2.45, 2.75) is 6.54 Å². The lowest BCUT2D eigenvalue weighted by Gasteiger charge is -2.13. The van der Waals surface area contributed by atoms with Crippen molar-refractivity contribution in [1.29, 1.82) is 0 Å². The van der Waals surface area contributed by atoms with Crippen molar-refractivity contribution in [3.63, 3.8) is 0 Å². The van der Waals surface area contributed by atoms with E-state index in [1.54, 1.807) is 4.90 Å². The summed E-state index contributed by atoms with van der Waals surface area (Å²) in [5.41, 5.74) is 3.24. The molecule has 1 saturated heterocycles. The van der Waals surface area contributed by atoms with E-state index in [0.717, 1.165) is 24.3 Å². The minimum absolute atomic E-state index is 0.263. The topological polar surface area (TPSA) is 41.6 Å². The van der Waals surface area contributed by atoms with Gasteiger partial charge in [-0.25, -0.2) is 4.79 Å². The third-order valence-corrected chi connectivity index (χ3v) is 3.68. The molecule has 1 amide bonds. The predicted octanol–water partition coefficient (Wildman–Crippen LogP) is 3.45. The van der Waals surface area contributed by atoms with Gasteiger partial charge in [-0.15, -0.1) is 0 Å². The predicted molar refractivity (Wildman–Crippen MR) is 92.3 cm³/mol. The minimum Gasteiger partial charge on any atom is -0.447 e. The van der Waals surface area contributed by atoms with Crippen LogP contribution in [0.4, 0.5) is 10.5 Å². The Kier molecular flexibility index (Phi) is 5.06. The summed E-state index contributed by atoms with van der Waals surface area (Å²) in [4.78, 5) is 13.3. The molecule has 2 aromatic carbocycles. The van der Waals surface area contributed by atoms with Gasteiger partial charge >= 0.3 is 6.09 Å². The van der Waals surface area contributed by atoms with E-state index in [1.807, 2.05) is 36.4 Å². The SMILES string of the molecule is O=C1OCCN1c1cccc(CNCC=Cc2ccccc2)c1. The second kappa shape index (κ2) is 7.61. The molecule has 118 valence electrons. The quantitative estimate of drug-likeness (QED) is 0.831. The zero-order chi connectivity index (χ0) is 15.9. The second-order valence-corrected chi connectivity index (χ2v) is 5.38. The van der Waals surface area contributed by atoms with Gasteiger partial charge in [0.2, 0.25) is 0 Å². The van der Waals surface area contributed by atoms with Crippen LogP contribution in [0.2, 0.25) is 0 Å². The molecule has 0 saturated carbocycles. The Morgan fingerprint density at radius 3 is 2.78 bits per heavy atom. The summed E-state index contributed by atoms with van der Waals surface area (Å²) in [5, 5.41) is 3.38. The van der Waals surface area contributed by atoms with Crippen molar-refractivity contribution >= 4 is 17.9 Å². The van der Waals surface area contributed by atoms with Crippen molar-refractivity contribution in [3.05, 3.63) is 71.8 Å². The fraction of sp³-hybridized carbons (Fsp3) is 0.211. The Morgan fingerprint density at radius 1 is 1.13 bits per heavy atom. The maximum absolute atomic E-state index is 11.6. The molecule has 0 bridgehead atoms. The average molecular weight is 308 g/mol. The van der Waals surface area contributed by atoms with Crippen LogP contribution in [0.3, 0.4) is 0 Å². The molecule has 23 heavy (non-hydrogen) atoms. The molecule has 1 heterocycles. The molecular weight excluding hydrogens is 288 g/mol. The minimum atomic E-state index is -0.263. The van der Waals surface area contributed by atoms with E-state index in [-0.39, 0.29) is 6.09 Å². The summed E-state index contributed by atoms with van der Waals surface area (Å²) >= 11 is 0. The maximum Gasteiger partial charge on any atom is 0.414 e. The van der Waals surface area contributed by atoms with Gasteiger partial charge in [0.15, 0.2) is 0 Å². The Bertz CT molecular complexity index is 683. The number of nitrogens with one attached hydrogen (secondary N) is 1. The van der Waals surface area contributed by atoms with Crippen molar-refractivity contribution in [3.8, 4) is 0 Å². The fourth-order valence-electron chi connectivity index (χ4n) is 2.52. The fourth-order valence-corrected chi connectivity index (χ4v) is 2.52. The maximum atomic E-state index is 11.6. The molecule has 0 aromatic heterocycles. The highest BCUT2D eigenvalue weighted by Gasteiger charge is 2.23. The third-order valence-electron chi connectivity index (χ3n) is 3.68. The van der Waals surface area contributed by atoms with Gasteiger partial charge in [-0.05, 0) is 23.3 Å². The van der Waals surface area contributed by atoms with Crippen LogP contribution in [0.5, 0.6) is 0 Å². The first kappa shape index (κ1) is 15.3. The number of benzene rings is 2. The molecule has 2 aromatic rings. The van der Waals surface area contributed by atoms with Crippen LogP contribution in [0.15, 0.2) is 60.7 Å². The van der Waals surface area contributed by atoms with Crippen LogP contribution >= 0.6 is 0 Å². The van der Waals surface area contributed by atoms with Crippen LogP contribution < -0.4 is 10.2 Å². The molecule has 1 aliphatic heterocycles. The molecule has 1 aliphatic rings. The van der Waals surface area contributed by atoms with Crippen LogP contribution in [0, 0.1) is 0 Å². The lowest BCUT2D eigenvalue weighted by atomic mass is 10.2. The average Bonchev–Trinajstić information content (AvgIpc) is 3.02. The van der Waals surface area contributed by atoms with Gasteiger partial charge in [0.1, 0.15) is 6.61 Å². The van der Waals surface area contributed by atoms with Crippen molar-refractivity contribution < 1.29 is 9.53 Å². The normalized spacial score (nSPS) is 14.4. The third kappa shape index (κ3) is 4.20. The zero-order valence-electron chi connectivity index (χ0n) is 12.9. The first-order valence-electron chi connectivity index (χ1n) is 7.78. The Morgan fingerprint density at radius 2 is 2.00 bits per heavy atom. The van der Waals surface area contributed by atoms with Gasteiger partial charge < -0.3 is 10.1 Å². The van der Waals surface area contributed by atoms with Gasteiger partial charge in [0.25, 0.3) is 0 Å². The smallest absolute Gasteiger partial charge is 0.414 e. The van der Waals surface area contributed by atoms with Crippen LogP contribution in [-0.2, 0) is 11.3 Å². The molecule has 0 atom stereocenters. The number of carbonyl (C=O) groups is 1. The van der Waals surface area contributed by atoms with E-state index in [9.17, 15) is 4.79 Å². The van der Waals surface area contributed by atoms with Crippen LogP contribution in [-0.4, -0.2) is 25.8 Å². The summed E-state index contributed by atoms with van der Waals surface area (Å²) < 4.78 is 4.98. The number of hydrogen-bond donors (Lipinski definition) is 1. The molecule has 0 spiro atoms. The lowest BCUT2D eigenvalue weighted by Crippen LogP contribution is -2.23. The number of cyclic esters (lactones) is 1. The van der Waals surface area contributed by atoms with E-state index in [1.165, 1.54) is 5.56 Å². The highest BCUT2D eigenvalue weighted by Crippen LogP contribution is 2.19. The standard InChI is InChI=1S/C19H20N2O2/c22-19-21(12-13-23-19)18-10-4-8-17(14-18)15-20-11-5-9-16-6-2-1-3-7-16/h1-10,14,20H,11-13,15H2. The van der Waals surface area contributed by atoms with E-state index >= 15 is 0 Å².